The second kappa shape index (κ2) is 9.54. The number of benzene rings is 2. The Morgan fingerprint density at radius 1 is 1.06 bits per heavy atom. The Balaban J connectivity index is 1.53. The number of aromatic nitrogens is 1. The fourth-order valence-corrected chi connectivity index (χ4v) is 4.18. The molecule has 4 rings (SSSR count). The van der Waals surface area contributed by atoms with Crippen LogP contribution in [0.1, 0.15) is 31.2 Å². The first kappa shape index (κ1) is 21.4. The summed E-state index contributed by atoms with van der Waals surface area (Å²) in [6, 6.07) is 14.9. The van der Waals surface area contributed by atoms with Crippen LogP contribution in [-0.4, -0.2) is 17.1 Å². The van der Waals surface area contributed by atoms with Crippen molar-refractivity contribution in [1.82, 2.24) is 4.98 Å². The standard InChI is InChI=1S/C24H27ClFN5/c25-23-14-30-24(31-20-6-4-18(27)5-7-20)12-22(23)16-9-19(28)11-21(10-16)29-13-15-2-1-3-17(26)8-15/h1-3,8-12,14,18,20,29H,4-7,13,27-28H2,(H,30,31). The molecule has 162 valence electrons. The highest BCUT2D eigenvalue weighted by molar-refractivity contribution is 6.33. The van der Waals surface area contributed by atoms with Crippen molar-refractivity contribution in [1.29, 1.82) is 0 Å². The van der Waals surface area contributed by atoms with Gasteiger partial charge in [0.05, 0.1) is 5.02 Å². The van der Waals surface area contributed by atoms with Gasteiger partial charge in [-0.25, -0.2) is 9.37 Å². The van der Waals surface area contributed by atoms with Crippen LogP contribution in [0.4, 0.5) is 21.6 Å². The van der Waals surface area contributed by atoms with Crippen molar-refractivity contribution < 1.29 is 4.39 Å². The number of hydrogen-bond acceptors (Lipinski definition) is 5. The summed E-state index contributed by atoms with van der Waals surface area (Å²) in [5.74, 6) is 0.535. The van der Waals surface area contributed by atoms with Crippen molar-refractivity contribution >= 4 is 28.8 Å². The highest BCUT2D eigenvalue weighted by Crippen LogP contribution is 2.33. The Hall–Kier alpha value is -2.83. The molecular weight excluding hydrogens is 413 g/mol. The van der Waals surface area contributed by atoms with E-state index in [9.17, 15) is 4.39 Å². The largest absolute Gasteiger partial charge is 0.399 e. The van der Waals surface area contributed by atoms with Gasteiger partial charge in [0.1, 0.15) is 11.6 Å². The van der Waals surface area contributed by atoms with Crippen molar-refractivity contribution in [2.45, 2.75) is 44.3 Å². The lowest BCUT2D eigenvalue weighted by Crippen LogP contribution is -2.33. The van der Waals surface area contributed by atoms with Crippen LogP contribution in [0.2, 0.25) is 5.02 Å². The van der Waals surface area contributed by atoms with E-state index in [1.54, 1.807) is 12.3 Å². The average molecular weight is 440 g/mol. The van der Waals surface area contributed by atoms with E-state index < -0.39 is 0 Å². The van der Waals surface area contributed by atoms with E-state index in [4.69, 9.17) is 23.1 Å². The van der Waals surface area contributed by atoms with Crippen LogP contribution < -0.4 is 22.1 Å². The first-order valence-electron chi connectivity index (χ1n) is 10.5. The predicted octanol–water partition coefficient (Wildman–Crippen LogP) is 5.42. The van der Waals surface area contributed by atoms with Crippen molar-refractivity contribution in [3.8, 4) is 11.1 Å². The van der Waals surface area contributed by atoms with E-state index in [0.29, 0.717) is 29.3 Å². The van der Waals surface area contributed by atoms with Gasteiger partial charge in [-0.05, 0) is 73.2 Å². The number of rotatable bonds is 6. The van der Waals surface area contributed by atoms with E-state index in [1.165, 1.54) is 12.1 Å². The fraction of sp³-hybridized carbons (Fsp3) is 0.292. The molecule has 0 aliphatic heterocycles. The summed E-state index contributed by atoms with van der Waals surface area (Å²) in [4.78, 5) is 4.45. The van der Waals surface area contributed by atoms with Crippen LogP contribution in [0.25, 0.3) is 11.1 Å². The lowest BCUT2D eigenvalue weighted by molar-refractivity contribution is 0.410. The molecule has 1 heterocycles. The van der Waals surface area contributed by atoms with Crippen molar-refractivity contribution in [2.75, 3.05) is 16.4 Å². The average Bonchev–Trinajstić information content (AvgIpc) is 2.75. The molecule has 1 saturated carbocycles. The normalized spacial score (nSPS) is 18.5. The van der Waals surface area contributed by atoms with Crippen LogP contribution in [-0.2, 0) is 6.54 Å². The molecule has 1 aliphatic carbocycles. The quantitative estimate of drug-likeness (QED) is 0.385. The summed E-state index contributed by atoms with van der Waals surface area (Å²) in [6.45, 7) is 0.487. The summed E-state index contributed by atoms with van der Waals surface area (Å²) < 4.78 is 13.4. The minimum absolute atomic E-state index is 0.254. The van der Waals surface area contributed by atoms with E-state index in [1.807, 2.05) is 30.3 Å². The number of nitrogens with one attached hydrogen (secondary N) is 2. The second-order valence-corrected chi connectivity index (χ2v) is 8.54. The first-order chi connectivity index (χ1) is 15.0. The number of nitrogens with zero attached hydrogens (tertiary/aromatic N) is 1. The van der Waals surface area contributed by atoms with Gasteiger partial charge in [0, 0.05) is 41.8 Å². The number of pyridine rings is 1. The first-order valence-corrected chi connectivity index (χ1v) is 10.9. The molecule has 31 heavy (non-hydrogen) atoms. The highest BCUT2D eigenvalue weighted by atomic mass is 35.5. The van der Waals surface area contributed by atoms with Gasteiger partial charge in [0.2, 0.25) is 0 Å². The Morgan fingerprint density at radius 3 is 2.65 bits per heavy atom. The lowest BCUT2D eigenvalue weighted by Gasteiger charge is -2.27. The number of halogens is 2. The molecule has 0 atom stereocenters. The molecule has 1 aliphatic rings. The zero-order valence-electron chi connectivity index (χ0n) is 17.2. The minimum atomic E-state index is -0.254. The summed E-state index contributed by atoms with van der Waals surface area (Å²) in [5, 5.41) is 7.38. The molecule has 0 saturated heterocycles. The molecule has 6 N–H and O–H groups in total. The van der Waals surface area contributed by atoms with Gasteiger partial charge in [-0.2, -0.15) is 0 Å². The van der Waals surface area contributed by atoms with E-state index in [0.717, 1.165) is 53.9 Å². The zero-order chi connectivity index (χ0) is 21.8. The number of anilines is 3. The Kier molecular flexibility index (Phi) is 6.59. The third-order valence-corrected chi connectivity index (χ3v) is 5.93. The van der Waals surface area contributed by atoms with Gasteiger partial charge in [0.15, 0.2) is 0 Å². The predicted molar refractivity (Wildman–Crippen MR) is 127 cm³/mol. The van der Waals surface area contributed by atoms with Crippen LogP contribution in [0.3, 0.4) is 0 Å². The van der Waals surface area contributed by atoms with Crippen LogP contribution >= 0.6 is 11.6 Å². The Bertz CT molecular complexity index is 1050. The Morgan fingerprint density at radius 2 is 1.87 bits per heavy atom. The summed E-state index contributed by atoms with van der Waals surface area (Å²) in [7, 11) is 0. The zero-order valence-corrected chi connectivity index (χ0v) is 18.0. The highest BCUT2D eigenvalue weighted by Gasteiger charge is 2.19. The van der Waals surface area contributed by atoms with Gasteiger partial charge < -0.3 is 22.1 Å². The molecule has 0 amide bonds. The Labute approximate surface area is 187 Å². The summed E-state index contributed by atoms with van der Waals surface area (Å²) in [6.07, 6.45) is 5.78. The third kappa shape index (κ3) is 5.66. The molecule has 3 aromatic rings. The molecule has 1 aromatic heterocycles. The maximum atomic E-state index is 13.4. The number of nitrogen functional groups attached to an aromatic ring is 1. The maximum Gasteiger partial charge on any atom is 0.126 e. The van der Waals surface area contributed by atoms with Crippen LogP contribution in [0.15, 0.2) is 54.7 Å². The smallest absolute Gasteiger partial charge is 0.126 e. The fourth-order valence-electron chi connectivity index (χ4n) is 3.97. The molecule has 2 aromatic carbocycles. The molecule has 7 heteroatoms. The minimum Gasteiger partial charge on any atom is -0.399 e. The van der Waals surface area contributed by atoms with Crippen molar-refractivity contribution in [2.24, 2.45) is 5.73 Å². The van der Waals surface area contributed by atoms with Crippen LogP contribution in [0, 0.1) is 5.82 Å². The summed E-state index contributed by atoms with van der Waals surface area (Å²) in [5.41, 5.74) is 16.2. The lowest BCUT2D eigenvalue weighted by atomic mass is 9.92. The summed E-state index contributed by atoms with van der Waals surface area (Å²) >= 11 is 6.48. The molecular formula is C24H27ClFN5. The molecule has 1 fully saturated rings. The van der Waals surface area contributed by atoms with Gasteiger partial charge in [0.25, 0.3) is 0 Å². The monoisotopic (exact) mass is 439 g/mol. The van der Waals surface area contributed by atoms with Gasteiger partial charge in [-0.15, -0.1) is 0 Å². The molecule has 0 spiro atoms. The molecule has 0 bridgehead atoms. The number of hydrogen-bond donors (Lipinski definition) is 4. The molecule has 0 unspecified atom stereocenters. The second-order valence-electron chi connectivity index (χ2n) is 8.13. The third-order valence-electron chi connectivity index (χ3n) is 5.63. The van der Waals surface area contributed by atoms with Gasteiger partial charge >= 0.3 is 0 Å². The molecule has 5 nitrogen and oxygen atoms in total. The van der Waals surface area contributed by atoms with Crippen molar-refractivity contribution in [3.05, 3.63) is 71.1 Å². The maximum absolute atomic E-state index is 13.4. The SMILES string of the molecule is Nc1cc(NCc2cccc(F)c2)cc(-c2cc(NC3CCC(N)CC3)ncc2Cl)c1. The molecule has 0 radical (unpaired) electrons. The number of nitrogens with two attached hydrogens (primary N) is 2. The van der Waals surface area contributed by atoms with Crippen LogP contribution in [0.5, 0.6) is 0 Å². The van der Waals surface area contributed by atoms with Crippen molar-refractivity contribution in [3.63, 3.8) is 0 Å². The van der Waals surface area contributed by atoms with E-state index in [2.05, 4.69) is 15.6 Å². The topological polar surface area (TPSA) is 89.0 Å². The van der Waals surface area contributed by atoms with E-state index >= 15 is 0 Å². The van der Waals surface area contributed by atoms with E-state index in [-0.39, 0.29) is 5.82 Å². The van der Waals surface area contributed by atoms with Gasteiger partial charge in [-0.1, -0.05) is 23.7 Å². The van der Waals surface area contributed by atoms with Gasteiger partial charge in [-0.3, -0.25) is 0 Å².